The summed E-state index contributed by atoms with van der Waals surface area (Å²) >= 11 is 2.01. The third kappa shape index (κ3) is 3.16. The Morgan fingerprint density at radius 1 is 1.18 bits per heavy atom. The highest BCUT2D eigenvalue weighted by molar-refractivity contribution is 7.99. The molecule has 28 heavy (non-hydrogen) atoms. The first-order valence-corrected chi connectivity index (χ1v) is 11.0. The van der Waals surface area contributed by atoms with Gasteiger partial charge in [-0.15, -0.1) is 0 Å². The third-order valence-corrected chi connectivity index (χ3v) is 6.97. The largest absolute Gasteiger partial charge is 0.377 e. The van der Waals surface area contributed by atoms with Gasteiger partial charge in [0.2, 0.25) is 5.95 Å². The number of aromatic nitrogens is 4. The monoisotopic (exact) mass is 395 g/mol. The summed E-state index contributed by atoms with van der Waals surface area (Å²) < 4.78 is 7.73. The summed E-state index contributed by atoms with van der Waals surface area (Å²) in [4.78, 5) is 17.1. The summed E-state index contributed by atoms with van der Waals surface area (Å²) in [5, 5.41) is 0.451. The van der Waals surface area contributed by atoms with E-state index >= 15 is 0 Å². The van der Waals surface area contributed by atoms with E-state index < -0.39 is 0 Å². The molecule has 0 aliphatic carbocycles. The fourth-order valence-corrected chi connectivity index (χ4v) is 5.37. The smallest absolute Gasteiger partial charge is 0.237 e. The van der Waals surface area contributed by atoms with Crippen molar-refractivity contribution in [1.29, 1.82) is 0 Å². The second-order valence-corrected chi connectivity index (χ2v) is 8.86. The average molecular weight is 396 g/mol. The summed E-state index contributed by atoms with van der Waals surface area (Å²) in [7, 11) is 0. The molecule has 7 heteroatoms. The molecule has 2 fully saturated rings. The van der Waals surface area contributed by atoms with Gasteiger partial charge in [0.15, 0.2) is 0 Å². The van der Waals surface area contributed by atoms with Gasteiger partial charge in [-0.2, -0.15) is 16.7 Å². The Hall–Kier alpha value is -2.12. The van der Waals surface area contributed by atoms with Crippen LogP contribution in [0.25, 0.3) is 17.0 Å². The fraction of sp³-hybridized carbons (Fsp3) is 0.476. The van der Waals surface area contributed by atoms with Crippen LogP contribution < -0.4 is 4.90 Å². The molecule has 3 aromatic rings. The van der Waals surface area contributed by atoms with Crippen LogP contribution in [0, 0.1) is 6.92 Å². The van der Waals surface area contributed by atoms with E-state index in [0.717, 1.165) is 54.1 Å². The van der Waals surface area contributed by atoms with Crippen LogP contribution in [0.15, 0.2) is 30.3 Å². The van der Waals surface area contributed by atoms with Gasteiger partial charge in [0.25, 0.3) is 0 Å². The molecule has 146 valence electrons. The molecular weight excluding hydrogens is 370 g/mol. The molecule has 0 spiro atoms. The Kier molecular flexibility index (Phi) is 4.72. The molecule has 0 saturated carbocycles. The van der Waals surface area contributed by atoms with Crippen molar-refractivity contribution < 1.29 is 4.74 Å². The molecule has 2 aliphatic heterocycles. The summed E-state index contributed by atoms with van der Waals surface area (Å²) in [5.41, 5.74) is 3.17. The van der Waals surface area contributed by atoms with Crippen molar-refractivity contribution in [3.63, 3.8) is 0 Å². The molecule has 2 saturated heterocycles. The summed E-state index contributed by atoms with van der Waals surface area (Å²) in [6.07, 6.45) is 2.44. The van der Waals surface area contributed by atoms with Crippen LogP contribution in [-0.2, 0) is 4.74 Å². The van der Waals surface area contributed by atoms with Crippen LogP contribution in [0.5, 0.6) is 0 Å². The van der Waals surface area contributed by atoms with E-state index in [9.17, 15) is 0 Å². The number of para-hydroxylation sites is 2. The Morgan fingerprint density at radius 2 is 2.07 bits per heavy atom. The van der Waals surface area contributed by atoms with Gasteiger partial charge in [-0.05, 0) is 44.6 Å². The second kappa shape index (κ2) is 7.37. The predicted molar refractivity (Wildman–Crippen MR) is 113 cm³/mol. The van der Waals surface area contributed by atoms with Gasteiger partial charge in [0, 0.05) is 17.9 Å². The maximum absolute atomic E-state index is 5.64. The molecule has 0 radical (unpaired) electrons. The zero-order valence-corrected chi connectivity index (χ0v) is 17.2. The number of anilines is 1. The third-order valence-electron chi connectivity index (χ3n) is 5.57. The number of fused-ring (bicyclic) bond motifs is 1. The van der Waals surface area contributed by atoms with Crippen molar-refractivity contribution >= 4 is 28.6 Å². The Labute approximate surface area is 169 Å². The Bertz CT molecular complexity index is 998. The van der Waals surface area contributed by atoms with Crippen LogP contribution in [0.2, 0.25) is 0 Å². The number of hydrogen-bond acceptors (Lipinski definition) is 6. The van der Waals surface area contributed by atoms with E-state index in [1.807, 2.05) is 36.9 Å². The Morgan fingerprint density at radius 3 is 2.89 bits per heavy atom. The highest BCUT2D eigenvalue weighted by Gasteiger charge is 2.26. The fourth-order valence-electron chi connectivity index (χ4n) is 4.13. The number of benzene rings is 1. The van der Waals surface area contributed by atoms with Gasteiger partial charge in [-0.25, -0.2) is 9.97 Å². The van der Waals surface area contributed by atoms with Crippen molar-refractivity contribution in [3.05, 3.63) is 41.9 Å². The number of imidazole rings is 1. The summed E-state index contributed by atoms with van der Waals surface area (Å²) in [5.74, 6) is 3.85. The van der Waals surface area contributed by atoms with E-state index in [2.05, 4.69) is 28.5 Å². The predicted octanol–water partition coefficient (Wildman–Crippen LogP) is 3.92. The van der Waals surface area contributed by atoms with E-state index in [1.165, 1.54) is 18.6 Å². The van der Waals surface area contributed by atoms with Crippen molar-refractivity contribution in [2.45, 2.75) is 38.0 Å². The van der Waals surface area contributed by atoms with Crippen LogP contribution in [0.1, 0.15) is 36.5 Å². The number of rotatable bonds is 3. The van der Waals surface area contributed by atoms with E-state index in [4.69, 9.17) is 19.7 Å². The highest BCUT2D eigenvalue weighted by Crippen LogP contribution is 2.40. The van der Waals surface area contributed by atoms with Crippen molar-refractivity contribution in [2.24, 2.45) is 0 Å². The number of nitrogens with zero attached hydrogens (tertiary/aromatic N) is 5. The van der Waals surface area contributed by atoms with Gasteiger partial charge in [-0.1, -0.05) is 12.1 Å². The molecule has 5 rings (SSSR count). The first kappa shape index (κ1) is 17.9. The van der Waals surface area contributed by atoms with E-state index in [-0.39, 0.29) is 0 Å². The van der Waals surface area contributed by atoms with Gasteiger partial charge < -0.3 is 9.64 Å². The van der Waals surface area contributed by atoms with Crippen LogP contribution in [0.4, 0.5) is 5.82 Å². The van der Waals surface area contributed by atoms with Crippen molar-refractivity contribution in [2.75, 3.05) is 30.4 Å². The number of hydrogen-bond donors (Lipinski definition) is 0. The van der Waals surface area contributed by atoms with E-state index in [1.54, 1.807) is 0 Å². The van der Waals surface area contributed by atoms with Crippen LogP contribution in [-0.4, -0.2) is 51.1 Å². The maximum Gasteiger partial charge on any atom is 0.237 e. The first-order chi connectivity index (χ1) is 13.7. The minimum atomic E-state index is 0.307. The lowest BCUT2D eigenvalue weighted by Crippen LogP contribution is -2.44. The molecule has 2 unspecified atom stereocenters. The average Bonchev–Trinajstić information content (AvgIpc) is 3.35. The minimum absolute atomic E-state index is 0.307. The molecule has 2 atom stereocenters. The SMILES string of the molecule is Cc1nc2ccccc2n1-c1nc(C2CCCS2)cc(N2CCOCC2C)n1. The molecule has 6 nitrogen and oxygen atoms in total. The standard InChI is InChI=1S/C21H25N5OS/c1-14-13-27-10-9-25(14)20-12-17(19-8-5-11-28-19)23-21(24-20)26-15(2)22-16-6-3-4-7-18(16)26/h3-4,6-7,12,14,19H,5,8-11,13H2,1-2H3. The molecule has 0 N–H and O–H groups in total. The van der Waals surface area contributed by atoms with Crippen molar-refractivity contribution in [1.82, 2.24) is 19.5 Å². The lowest BCUT2D eigenvalue weighted by Gasteiger charge is -2.34. The maximum atomic E-state index is 5.64. The summed E-state index contributed by atoms with van der Waals surface area (Å²) in [6.45, 7) is 6.56. The van der Waals surface area contributed by atoms with Gasteiger partial charge >= 0.3 is 0 Å². The van der Waals surface area contributed by atoms with Gasteiger partial charge in [-0.3, -0.25) is 4.57 Å². The number of ether oxygens (including phenoxy) is 1. The highest BCUT2D eigenvalue weighted by atomic mass is 32.2. The number of aryl methyl sites for hydroxylation is 1. The van der Waals surface area contributed by atoms with Gasteiger partial charge in [0.05, 0.1) is 36.0 Å². The number of morpholine rings is 1. The topological polar surface area (TPSA) is 56.1 Å². The summed E-state index contributed by atoms with van der Waals surface area (Å²) in [6, 6.07) is 10.7. The molecule has 0 bridgehead atoms. The lowest BCUT2D eigenvalue weighted by molar-refractivity contribution is 0.0985. The van der Waals surface area contributed by atoms with Crippen molar-refractivity contribution in [3.8, 4) is 5.95 Å². The molecular formula is C21H25N5OS. The van der Waals surface area contributed by atoms with Gasteiger partial charge in [0.1, 0.15) is 11.6 Å². The quantitative estimate of drug-likeness (QED) is 0.670. The lowest BCUT2D eigenvalue weighted by atomic mass is 10.2. The molecule has 4 heterocycles. The zero-order valence-electron chi connectivity index (χ0n) is 16.3. The number of thioether (sulfide) groups is 1. The Balaban J connectivity index is 1.67. The zero-order chi connectivity index (χ0) is 19.1. The van der Waals surface area contributed by atoms with Crippen LogP contribution >= 0.6 is 11.8 Å². The molecule has 1 aromatic carbocycles. The van der Waals surface area contributed by atoms with E-state index in [0.29, 0.717) is 11.3 Å². The molecule has 2 aliphatic rings. The molecule has 0 amide bonds. The minimum Gasteiger partial charge on any atom is -0.377 e. The second-order valence-electron chi connectivity index (χ2n) is 7.55. The normalized spacial score (nSPS) is 22.9. The molecule has 2 aromatic heterocycles. The van der Waals surface area contributed by atoms with Crippen LogP contribution in [0.3, 0.4) is 0 Å². The first-order valence-electron chi connectivity index (χ1n) is 10.00.